The normalized spacial score (nSPS) is 11.8. The summed E-state index contributed by atoms with van der Waals surface area (Å²) in [7, 11) is 0. The molecule has 102 valence electrons. The first-order valence-electron chi connectivity index (χ1n) is 6.35. The number of carbonyl (C=O) groups excluding carboxylic acids is 1. The Balaban J connectivity index is 2.15. The molecule has 19 heavy (non-hydrogen) atoms. The van der Waals surface area contributed by atoms with Crippen LogP contribution in [-0.2, 0) is 11.2 Å². The summed E-state index contributed by atoms with van der Waals surface area (Å²) in [5.41, 5.74) is 7.49. The standard InChI is InChI=1S/C14H19N3O2/c1-4-13-17-10-7-9(5-6-11(10)19-13)16-12(18)8-14(2,3)15/h5-7H,4,8,15H2,1-3H3,(H,16,18). The minimum atomic E-state index is -0.516. The highest BCUT2D eigenvalue weighted by Gasteiger charge is 2.16. The van der Waals surface area contributed by atoms with Gasteiger partial charge in [0.2, 0.25) is 5.91 Å². The third kappa shape index (κ3) is 3.54. The number of hydrogen-bond acceptors (Lipinski definition) is 4. The van der Waals surface area contributed by atoms with E-state index >= 15 is 0 Å². The number of nitrogens with one attached hydrogen (secondary N) is 1. The van der Waals surface area contributed by atoms with Crippen molar-refractivity contribution in [3.8, 4) is 0 Å². The molecule has 0 bridgehead atoms. The number of oxazole rings is 1. The van der Waals surface area contributed by atoms with Gasteiger partial charge in [-0.1, -0.05) is 6.92 Å². The van der Waals surface area contributed by atoms with Crippen LogP contribution in [0.2, 0.25) is 0 Å². The van der Waals surface area contributed by atoms with E-state index in [0.717, 1.165) is 17.5 Å². The van der Waals surface area contributed by atoms with E-state index in [9.17, 15) is 4.79 Å². The fourth-order valence-corrected chi connectivity index (χ4v) is 1.82. The van der Waals surface area contributed by atoms with E-state index in [4.69, 9.17) is 10.2 Å². The first-order chi connectivity index (χ1) is 8.87. The van der Waals surface area contributed by atoms with Gasteiger partial charge < -0.3 is 15.5 Å². The van der Waals surface area contributed by atoms with Crippen LogP contribution in [-0.4, -0.2) is 16.4 Å². The first kappa shape index (κ1) is 13.5. The van der Waals surface area contributed by atoms with Crippen molar-refractivity contribution >= 4 is 22.7 Å². The fourth-order valence-electron chi connectivity index (χ4n) is 1.82. The van der Waals surface area contributed by atoms with E-state index < -0.39 is 5.54 Å². The van der Waals surface area contributed by atoms with Gasteiger partial charge in [0.25, 0.3) is 0 Å². The van der Waals surface area contributed by atoms with Gasteiger partial charge in [0.05, 0.1) is 0 Å². The lowest BCUT2D eigenvalue weighted by atomic mass is 10.0. The summed E-state index contributed by atoms with van der Waals surface area (Å²) < 4.78 is 5.51. The van der Waals surface area contributed by atoms with Crippen LogP contribution in [0.15, 0.2) is 22.6 Å². The summed E-state index contributed by atoms with van der Waals surface area (Å²) in [4.78, 5) is 16.1. The number of rotatable bonds is 4. The van der Waals surface area contributed by atoms with Gasteiger partial charge in [-0.25, -0.2) is 4.98 Å². The van der Waals surface area contributed by atoms with Crippen molar-refractivity contribution < 1.29 is 9.21 Å². The van der Waals surface area contributed by atoms with E-state index in [1.807, 2.05) is 26.8 Å². The van der Waals surface area contributed by atoms with Gasteiger partial charge in [0.1, 0.15) is 5.52 Å². The number of carbonyl (C=O) groups is 1. The molecule has 0 saturated carbocycles. The largest absolute Gasteiger partial charge is 0.441 e. The molecule has 5 heteroatoms. The van der Waals surface area contributed by atoms with E-state index in [2.05, 4.69) is 10.3 Å². The van der Waals surface area contributed by atoms with Crippen molar-refractivity contribution in [3.63, 3.8) is 0 Å². The van der Waals surface area contributed by atoms with Crippen molar-refractivity contribution in [3.05, 3.63) is 24.1 Å². The van der Waals surface area contributed by atoms with Crippen LogP contribution in [0.5, 0.6) is 0 Å². The average molecular weight is 261 g/mol. The van der Waals surface area contributed by atoms with Crippen molar-refractivity contribution in [2.24, 2.45) is 5.73 Å². The molecule has 0 aliphatic carbocycles. The number of nitrogens with zero attached hydrogens (tertiary/aromatic N) is 1. The van der Waals surface area contributed by atoms with Crippen LogP contribution in [0.25, 0.3) is 11.1 Å². The maximum Gasteiger partial charge on any atom is 0.226 e. The fraction of sp³-hybridized carbons (Fsp3) is 0.429. The third-order valence-corrected chi connectivity index (χ3v) is 2.63. The number of benzene rings is 1. The number of aryl methyl sites for hydroxylation is 1. The number of fused-ring (bicyclic) bond motifs is 1. The lowest BCUT2D eigenvalue weighted by Gasteiger charge is -2.17. The Morgan fingerprint density at radius 3 is 2.84 bits per heavy atom. The molecule has 0 fully saturated rings. The minimum absolute atomic E-state index is 0.106. The quantitative estimate of drug-likeness (QED) is 0.885. The van der Waals surface area contributed by atoms with Gasteiger partial charge in [0, 0.05) is 24.1 Å². The van der Waals surface area contributed by atoms with Crippen LogP contribution < -0.4 is 11.1 Å². The summed E-state index contributed by atoms with van der Waals surface area (Å²) in [6.07, 6.45) is 1.02. The van der Waals surface area contributed by atoms with Crippen LogP contribution >= 0.6 is 0 Å². The molecular weight excluding hydrogens is 242 g/mol. The van der Waals surface area contributed by atoms with Gasteiger partial charge in [-0.15, -0.1) is 0 Å². The van der Waals surface area contributed by atoms with Crippen molar-refractivity contribution in [1.29, 1.82) is 0 Å². The van der Waals surface area contributed by atoms with E-state index in [0.29, 0.717) is 11.6 Å². The number of hydrogen-bond donors (Lipinski definition) is 2. The zero-order valence-corrected chi connectivity index (χ0v) is 11.5. The summed E-state index contributed by atoms with van der Waals surface area (Å²) in [6.45, 7) is 5.62. The van der Waals surface area contributed by atoms with E-state index in [-0.39, 0.29) is 12.3 Å². The molecule has 0 atom stereocenters. The van der Waals surface area contributed by atoms with Gasteiger partial charge in [0.15, 0.2) is 11.5 Å². The number of amides is 1. The van der Waals surface area contributed by atoms with Gasteiger partial charge in [-0.3, -0.25) is 4.79 Å². The van der Waals surface area contributed by atoms with Crippen molar-refractivity contribution in [2.45, 2.75) is 39.2 Å². The molecule has 2 rings (SSSR count). The van der Waals surface area contributed by atoms with Gasteiger partial charge in [-0.05, 0) is 32.0 Å². The van der Waals surface area contributed by atoms with Crippen LogP contribution in [0, 0.1) is 0 Å². The van der Waals surface area contributed by atoms with Crippen LogP contribution in [0.1, 0.15) is 33.1 Å². The predicted molar refractivity (Wildman–Crippen MR) is 74.9 cm³/mol. The summed E-state index contributed by atoms with van der Waals surface area (Å²) in [6, 6.07) is 5.42. The lowest BCUT2D eigenvalue weighted by Crippen LogP contribution is -2.36. The monoisotopic (exact) mass is 261 g/mol. The van der Waals surface area contributed by atoms with Crippen molar-refractivity contribution in [1.82, 2.24) is 4.98 Å². The first-order valence-corrected chi connectivity index (χ1v) is 6.35. The molecule has 0 unspecified atom stereocenters. The molecule has 3 N–H and O–H groups in total. The molecule has 1 amide bonds. The Morgan fingerprint density at radius 2 is 2.21 bits per heavy atom. The summed E-state index contributed by atoms with van der Waals surface area (Å²) in [5, 5.41) is 2.82. The third-order valence-electron chi connectivity index (χ3n) is 2.63. The molecule has 1 aromatic heterocycles. The van der Waals surface area contributed by atoms with Crippen LogP contribution in [0.4, 0.5) is 5.69 Å². The zero-order valence-electron chi connectivity index (χ0n) is 11.5. The zero-order chi connectivity index (χ0) is 14.0. The second kappa shape index (κ2) is 5.01. The molecule has 0 radical (unpaired) electrons. The highest BCUT2D eigenvalue weighted by molar-refractivity contribution is 5.93. The maximum atomic E-state index is 11.8. The minimum Gasteiger partial charge on any atom is -0.441 e. The molecule has 0 spiro atoms. The highest BCUT2D eigenvalue weighted by atomic mass is 16.3. The summed E-state index contributed by atoms with van der Waals surface area (Å²) >= 11 is 0. The Kier molecular flexibility index (Phi) is 3.57. The molecule has 1 heterocycles. The highest BCUT2D eigenvalue weighted by Crippen LogP contribution is 2.20. The second-order valence-electron chi connectivity index (χ2n) is 5.36. The topological polar surface area (TPSA) is 81.2 Å². The Bertz CT molecular complexity index is 596. The smallest absolute Gasteiger partial charge is 0.226 e. The molecule has 0 aliphatic heterocycles. The molecule has 0 aliphatic rings. The Hall–Kier alpha value is -1.88. The molecule has 1 aromatic carbocycles. The number of nitrogens with two attached hydrogens (primary N) is 1. The Labute approximate surface area is 112 Å². The summed E-state index contributed by atoms with van der Waals surface area (Å²) in [5.74, 6) is 0.590. The number of aromatic nitrogens is 1. The Morgan fingerprint density at radius 1 is 1.47 bits per heavy atom. The number of anilines is 1. The van der Waals surface area contributed by atoms with Gasteiger partial charge in [-0.2, -0.15) is 0 Å². The van der Waals surface area contributed by atoms with Gasteiger partial charge >= 0.3 is 0 Å². The van der Waals surface area contributed by atoms with Crippen LogP contribution in [0.3, 0.4) is 0 Å². The second-order valence-corrected chi connectivity index (χ2v) is 5.36. The molecular formula is C14H19N3O2. The average Bonchev–Trinajstić information content (AvgIpc) is 2.68. The lowest BCUT2D eigenvalue weighted by molar-refractivity contribution is -0.117. The SMILES string of the molecule is CCc1nc2cc(NC(=O)CC(C)(C)N)ccc2o1. The van der Waals surface area contributed by atoms with Crippen molar-refractivity contribution in [2.75, 3.05) is 5.32 Å². The van der Waals surface area contributed by atoms with E-state index in [1.165, 1.54) is 0 Å². The molecule has 2 aromatic rings. The predicted octanol–water partition coefficient (Wildman–Crippen LogP) is 2.46. The molecule has 0 saturated heterocycles. The molecule has 5 nitrogen and oxygen atoms in total. The van der Waals surface area contributed by atoms with E-state index in [1.54, 1.807) is 12.1 Å². The maximum absolute atomic E-state index is 11.8.